The van der Waals surface area contributed by atoms with Gasteiger partial charge in [-0.2, -0.15) is 0 Å². The Balaban J connectivity index is 1.65. The molecule has 106 valence electrons. The number of amides is 2. The molecule has 0 bridgehead atoms. The third kappa shape index (κ3) is 1.99. The molecule has 2 unspecified atom stereocenters. The first-order valence-electron chi connectivity index (χ1n) is 6.68. The van der Waals surface area contributed by atoms with Gasteiger partial charge in [0.05, 0.1) is 18.2 Å². The zero-order chi connectivity index (χ0) is 14.3. The number of imidazole rings is 1. The SMILES string of the molecule is O=C(O)c1cn(CCN2C(=O)C3CCCC3C2=O)cn1. The van der Waals surface area contributed by atoms with Gasteiger partial charge in [-0.1, -0.05) is 6.42 Å². The number of rotatable bonds is 4. The molecule has 1 aromatic rings. The number of nitrogens with zero attached hydrogens (tertiary/aromatic N) is 3. The number of carbonyl (C=O) groups excluding carboxylic acids is 2. The van der Waals surface area contributed by atoms with Gasteiger partial charge in [0.25, 0.3) is 0 Å². The van der Waals surface area contributed by atoms with E-state index in [0.29, 0.717) is 6.54 Å². The summed E-state index contributed by atoms with van der Waals surface area (Å²) in [5.74, 6) is -1.49. The molecule has 2 aliphatic rings. The van der Waals surface area contributed by atoms with Crippen molar-refractivity contribution in [1.82, 2.24) is 14.5 Å². The Kier molecular flexibility index (Phi) is 3.04. The van der Waals surface area contributed by atoms with Gasteiger partial charge >= 0.3 is 5.97 Å². The second-order valence-electron chi connectivity index (χ2n) is 5.27. The maximum Gasteiger partial charge on any atom is 0.356 e. The molecule has 2 fully saturated rings. The Morgan fingerprint density at radius 1 is 1.25 bits per heavy atom. The van der Waals surface area contributed by atoms with E-state index in [9.17, 15) is 14.4 Å². The van der Waals surface area contributed by atoms with Crippen LogP contribution < -0.4 is 0 Å². The van der Waals surface area contributed by atoms with E-state index in [4.69, 9.17) is 5.11 Å². The first kappa shape index (κ1) is 12.8. The minimum absolute atomic E-state index is 0.0408. The highest BCUT2D eigenvalue weighted by Crippen LogP contribution is 2.39. The zero-order valence-corrected chi connectivity index (χ0v) is 10.9. The van der Waals surface area contributed by atoms with Crippen LogP contribution in [0.5, 0.6) is 0 Å². The molecule has 1 aliphatic carbocycles. The van der Waals surface area contributed by atoms with Gasteiger partial charge in [0.2, 0.25) is 11.8 Å². The number of aromatic nitrogens is 2. The average Bonchev–Trinajstić information content (AvgIpc) is 3.10. The van der Waals surface area contributed by atoms with Crippen LogP contribution in [0.2, 0.25) is 0 Å². The van der Waals surface area contributed by atoms with Crippen LogP contribution in [0.1, 0.15) is 29.8 Å². The molecule has 7 nitrogen and oxygen atoms in total. The van der Waals surface area contributed by atoms with Crippen LogP contribution in [0, 0.1) is 11.8 Å². The fourth-order valence-electron chi connectivity index (χ4n) is 3.09. The van der Waals surface area contributed by atoms with E-state index < -0.39 is 5.97 Å². The number of aromatic carboxylic acids is 1. The first-order chi connectivity index (χ1) is 9.58. The fraction of sp³-hybridized carbons (Fsp3) is 0.538. The lowest BCUT2D eigenvalue weighted by Crippen LogP contribution is -2.34. The first-order valence-corrected chi connectivity index (χ1v) is 6.68. The van der Waals surface area contributed by atoms with Crippen LogP contribution >= 0.6 is 0 Å². The molecular formula is C13H15N3O4. The van der Waals surface area contributed by atoms with Crippen molar-refractivity contribution in [2.75, 3.05) is 6.54 Å². The summed E-state index contributed by atoms with van der Waals surface area (Å²) in [7, 11) is 0. The number of imide groups is 1. The molecule has 3 rings (SSSR count). The molecule has 1 N–H and O–H groups in total. The minimum atomic E-state index is -1.09. The number of hydrogen-bond acceptors (Lipinski definition) is 4. The van der Waals surface area contributed by atoms with Crippen LogP contribution in [0.4, 0.5) is 0 Å². The van der Waals surface area contributed by atoms with Gasteiger partial charge in [0.15, 0.2) is 5.69 Å². The van der Waals surface area contributed by atoms with Crippen LogP contribution in [-0.4, -0.2) is 43.9 Å². The largest absolute Gasteiger partial charge is 0.476 e. The van der Waals surface area contributed by atoms with Crippen LogP contribution in [0.3, 0.4) is 0 Å². The molecule has 1 aliphatic heterocycles. The normalized spacial score (nSPS) is 25.3. The van der Waals surface area contributed by atoms with E-state index in [1.54, 1.807) is 4.57 Å². The molecule has 0 radical (unpaired) electrons. The zero-order valence-electron chi connectivity index (χ0n) is 10.9. The van der Waals surface area contributed by atoms with Crippen molar-refractivity contribution in [2.24, 2.45) is 11.8 Å². The molecular weight excluding hydrogens is 262 g/mol. The van der Waals surface area contributed by atoms with E-state index in [-0.39, 0.29) is 35.9 Å². The summed E-state index contributed by atoms with van der Waals surface area (Å²) >= 11 is 0. The molecule has 2 amide bonds. The predicted molar refractivity (Wildman–Crippen MR) is 66.7 cm³/mol. The van der Waals surface area contributed by atoms with Gasteiger partial charge in [-0.25, -0.2) is 9.78 Å². The smallest absolute Gasteiger partial charge is 0.356 e. The number of carboxylic acid groups (broad SMARTS) is 1. The lowest BCUT2D eigenvalue weighted by molar-refractivity contribution is -0.140. The van der Waals surface area contributed by atoms with E-state index in [1.807, 2.05) is 0 Å². The fourth-order valence-corrected chi connectivity index (χ4v) is 3.09. The number of carboxylic acids is 1. The second-order valence-corrected chi connectivity index (χ2v) is 5.27. The molecule has 7 heteroatoms. The standard InChI is InChI=1S/C13H15N3O4/c17-11-8-2-1-3-9(8)12(18)16(11)5-4-15-6-10(13(19)20)14-7-15/h6-9H,1-5H2,(H,19,20). The Labute approximate surface area is 115 Å². The number of fused-ring (bicyclic) bond motifs is 1. The Morgan fingerprint density at radius 3 is 2.45 bits per heavy atom. The molecule has 20 heavy (non-hydrogen) atoms. The van der Waals surface area contributed by atoms with Gasteiger partial charge in [0.1, 0.15) is 0 Å². The Hall–Kier alpha value is -2.18. The quantitative estimate of drug-likeness (QED) is 0.802. The average molecular weight is 277 g/mol. The van der Waals surface area contributed by atoms with E-state index in [2.05, 4.69) is 4.98 Å². The molecule has 2 heterocycles. The van der Waals surface area contributed by atoms with Crippen LogP contribution in [0.25, 0.3) is 0 Å². The number of hydrogen-bond donors (Lipinski definition) is 1. The van der Waals surface area contributed by atoms with E-state index in [0.717, 1.165) is 19.3 Å². The molecule has 2 atom stereocenters. The van der Waals surface area contributed by atoms with Crippen molar-refractivity contribution in [3.63, 3.8) is 0 Å². The van der Waals surface area contributed by atoms with Crippen molar-refractivity contribution in [1.29, 1.82) is 0 Å². The van der Waals surface area contributed by atoms with E-state index in [1.165, 1.54) is 17.4 Å². The second kappa shape index (κ2) is 4.73. The molecule has 0 aromatic carbocycles. The highest BCUT2D eigenvalue weighted by atomic mass is 16.4. The Bertz CT molecular complexity index is 558. The van der Waals surface area contributed by atoms with Gasteiger partial charge in [-0.3, -0.25) is 14.5 Å². The van der Waals surface area contributed by atoms with E-state index >= 15 is 0 Å². The van der Waals surface area contributed by atoms with Crippen LogP contribution in [-0.2, 0) is 16.1 Å². The topological polar surface area (TPSA) is 92.5 Å². The highest BCUT2D eigenvalue weighted by Gasteiger charge is 2.49. The third-order valence-electron chi connectivity index (χ3n) is 4.12. The van der Waals surface area contributed by atoms with Gasteiger partial charge < -0.3 is 9.67 Å². The lowest BCUT2D eigenvalue weighted by Gasteiger charge is -2.15. The third-order valence-corrected chi connectivity index (χ3v) is 4.12. The van der Waals surface area contributed by atoms with Crippen molar-refractivity contribution < 1.29 is 19.5 Å². The molecule has 1 aromatic heterocycles. The van der Waals surface area contributed by atoms with Crippen molar-refractivity contribution in [3.8, 4) is 0 Å². The molecule has 0 spiro atoms. The number of likely N-dealkylation sites (tertiary alicyclic amines) is 1. The summed E-state index contributed by atoms with van der Waals surface area (Å²) in [5.41, 5.74) is -0.0408. The molecule has 1 saturated heterocycles. The summed E-state index contributed by atoms with van der Waals surface area (Å²) in [5, 5.41) is 8.78. The summed E-state index contributed by atoms with van der Waals surface area (Å²) in [6, 6.07) is 0. The molecule has 1 saturated carbocycles. The van der Waals surface area contributed by atoms with Crippen molar-refractivity contribution >= 4 is 17.8 Å². The summed E-state index contributed by atoms with van der Waals surface area (Å²) in [4.78, 5) is 40.0. The monoisotopic (exact) mass is 277 g/mol. The lowest BCUT2D eigenvalue weighted by atomic mass is 10.00. The maximum absolute atomic E-state index is 12.1. The predicted octanol–water partition coefficient (Wildman–Crippen LogP) is 0.366. The summed E-state index contributed by atoms with van der Waals surface area (Å²) < 4.78 is 1.58. The minimum Gasteiger partial charge on any atom is -0.476 e. The summed E-state index contributed by atoms with van der Waals surface area (Å²) in [6.07, 6.45) is 5.35. The van der Waals surface area contributed by atoms with Crippen LogP contribution in [0.15, 0.2) is 12.5 Å². The van der Waals surface area contributed by atoms with Gasteiger partial charge in [-0.05, 0) is 12.8 Å². The highest BCUT2D eigenvalue weighted by molar-refractivity contribution is 6.05. The summed E-state index contributed by atoms with van der Waals surface area (Å²) in [6.45, 7) is 0.650. The maximum atomic E-state index is 12.1. The van der Waals surface area contributed by atoms with Gasteiger partial charge in [0, 0.05) is 19.3 Å². The van der Waals surface area contributed by atoms with Crippen molar-refractivity contribution in [3.05, 3.63) is 18.2 Å². The number of carbonyl (C=O) groups is 3. The van der Waals surface area contributed by atoms with Gasteiger partial charge in [-0.15, -0.1) is 0 Å². The Morgan fingerprint density at radius 2 is 1.90 bits per heavy atom. The van der Waals surface area contributed by atoms with Crippen molar-refractivity contribution in [2.45, 2.75) is 25.8 Å².